The van der Waals surface area contributed by atoms with E-state index in [2.05, 4.69) is 32.3 Å². The van der Waals surface area contributed by atoms with E-state index in [-0.39, 0.29) is 17.9 Å². The second kappa shape index (κ2) is 13.5. The molecule has 2 aliphatic rings. The first-order chi connectivity index (χ1) is 16.2. The van der Waals surface area contributed by atoms with Gasteiger partial charge < -0.3 is 30.2 Å². The van der Waals surface area contributed by atoms with Gasteiger partial charge in [-0.15, -0.1) is 0 Å². The highest BCUT2D eigenvalue weighted by Gasteiger charge is 2.35. The van der Waals surface area contributed by atoms with E-state index in [1.807, 2.05) is 25.3 Å². The molecule has 0 bridgehead atoms. The summed E-state index contributed by atoms with van der Waals surface area (Å²) in [4.78, 5) is 35.0. The number of imidazole rings is 1. The smallest absolute Gasteiger partial charge is 0.300 e. The fraction of sp³-hybridized carbons (Fsp3) is 0.500. The normalized spacial score (nSPS) is 21.0. The highest BCUT2D eigenvalue weighted by Crippen LogP contribution is 2.28. The maximum atomic E-state index is 12.7. The van der Waals surface area contributed by atoms with Gasteiger partial charge in [0.15, 0.2) is 0 Å². The Morgan fingerprint density at radius 3 is 2.50 bits per heavy atom. The Balaban J connectivity index is 0.000000446. The lowest BCUT2D eigenvalue weighted by atomic mass is 9.82. The first-order valence-electron chi connectivity index (χ1n) is 11.3. The van der Waals surface area contributed by atoms with Crippen molar-refractivity contribution in [3.05, 3.63) is 48.0 Å². The van der Waals surface area contributed by atoms with E-state index in [1.54, 1.807) is 6.20 Å². The Morgan fingerprint density at radius 2 is 1.85 bits per heavy atom. The number of carbonyl (C=O) groups excluding carboxylic acids is 1. The molecule has 2 fully saturated rings. The highest BCUT2D eigenvalue weighted by atomic mass is 16.5. The van der Waals surface area contributed by atoms with Gasteiger partial charge in [-0.05, 0) is 37.8 Å². The molecule has 1 aliphatic heterocycles. The molecule has 0 unspecified atom stereocenters. The van der Waals surface area contributed by atoms with Crippen LogP contribution in [0.1, 0.15) is 44.5 Å². The van der Waals surface area contributed by atoms with Gasteiger partial charge in [-0.2, -0.15) is 0 Å². The first-order valence-corrected chi connectivity index (χ1v) is 11.3. The molecule has 10 heteroatoms. The number of fused-ring (bicyclic) bond motifs is 1. The minimum Gasteiger partial charge on any atom is -0.481 e. The van der Waals surface area contributed by atoms with Crippen LogP contribution in [0.5, 0.6) is 0 Å². The standard InChI is InChI=1S/C20H26N4O2.2C2H4O2/c1-14-21-8-10-24(14)18-5-3-2-4-16(18)13-23-20(25)15-6-7-19-17(12-15)22-9-11-26-19;2*1-2(3)4/h2-5,8,10,15,17,19,22H,6-7,9,11-13H2,1H3,(H,23,25);2*1H3,(H,3,4)/t15-,17+,19+;;/m0../s1. The number of hydrogen-bond donors (Lipinski definition) is 4. The largest absolute Gasteiger partial charge is 0.481 e. The first kappa shape index (κ1) is 27.0. The molecule has 1 saturated carbocycles. The van der Waals surface area contributed by atoms with E-state index in [4.69, 9.17) is 24.5 Å². The van der Waals surface area contributed by atoms with Gasteiger partial charge in [-0.25, -0.2) is 4.98 Å². The molecule has 0 radical (unpaired) electrons. The predicted molar refractivity (Wildman–Crippen MR) is 126 cm³/mol. The topological polar surface area (TPSA) is 143 Å². The van der Waals surface area contributed by atoms with Crippen molar-refractivity contribution in [2.75, 3.05) is 13.2 Å². The van der Waals surface area contributed by atoms with E-state index < -0.39 is 11.9 Å². The molecule has 1 aromatic heterocycles. The van der Waals surface area contributed by atoms with E-state index in [0.717, 1.165) is 63.3 Å². The van der Waals surface area contributed by atoms with Crippen molar-refractivity contribution in [3.63, 3.8) is 0 Å². The third-order valence-electron chi connectivity index (χ3n) is 5.53. The van der Waals surface area contributed by atoms with Gasteiger partial charge in [0, 0.05) is 51.3 Å². The molecular weight excluding hydrogens is 440 g/mol. The van der Waals surface area contributed by atoms with Gasteiger partial charge in [0.1, 0.15) is 5.82 Å². The Kier molecular flexibility index (Phi) is 10.7. The number of carboxylic acids is 2. The number of aliphatic carboxylic acids is 2. The molecule has 34 heavy (non-hydrogen) atoms. The van der Waals surface area contributed by atoms with Crippen LogP contribution in [0.25, 0.3) is 5.69 Å². The zero-order valence-electron chi connectivity index (χ0n) is 19.9. The summed E-state index contributed by atoms with van der Waals surface area (Å²) >= 11 is 0. The fourth-order valence-corrected chi connectivity index (χ4v) is 4.10. The maximum absolute atomic E-state index is 12.7. The highest BCUT2D eigenvalue weighted by molar-refractivity contribution is 5.79. The average Bonchev–Trinajstić information content (AvgIpc) is 3.22. The van der Waals surface area contributed by atoms with Crippen LogP contribution in [0.15, 0.2) is 36.7 Å². The van der Waals surface area contributed by atoms with Gasteiger partial charge in [-0.3, -0.25) is 14.4 Å². The number of carboxylic acid groups (broad SMARTS) is 2. The summed E-state index contributed by atoms with van der Waals surface area (Å²) < 4.78 is 7.86. The van der Waals surface area contributed by atoms with E-state index >= 15 is 0 Å². The van der Waals surface area contributed by atoms with Crippen LogP contribution in [-0.2, 0) is 25.7 Å². The van der Waals surface area contributed by atoms with Crippen molar-refractivity contribution in [1.82, 2.24) is 20.2 Å². The molecule has 0 spiro atoms. The van der Waals surface area contributed by atoms with Gasteiger partial charge in [0.25, 0.3) is 11.9 Å². The number of para-hydroxylation sites is 1. The molecule has 1 aliphatic carbocycles. The zero-order chi connectivity index (χ0) is 25.1. The van der Waals surface area contributed by atoms with Crippen LogP contribution in [-0.4, -0.2) is 62.9 Å². The number of morpholine rings is 1. The van der Waals surface area contributed by atoms with E-state index in [9.17, 15) is 4.79 Å². The summed E-state index contributed by atoms with van der Waals surface area (Å²) in [6, 6.07) is 8.45. The quantitative estimate of drug-likeness (QED) is 0.528. The summed E-state index contributed by atoms with van der Waals surface area (Å²) in [6.07, 6.45) is 6.74. The number of carbonyl (C=O) groups is 3. The summed E-state index contributed by atoms with van der Waals surface area (Å²) in [6.45, 7) is 6.34. The lowest BCUT2D eigenvalue weighted by molar-refractivity contribution is -0.135. The van der Waals surface area contributed by atoms with Crippen molar-refractivity contribution in [2.24, 2.45) is 5.92 Å². The minimum absolute atomic E-state index is 0.0626. The molecule has 10 nitrogen and oxygen atoms in total. The number of rotatable bonds is 4. The molecule has 4 rings (SSSR count). The summed E-state index contributed by atoms with van der Waals surface area (Å²) in [5.41, 5.74) is 2.16. The molecule has 3 atom stereocenters. The molecule has 1 saturated heterocycles. The summed E-state index contributed by atoms with van der Waals surface area (Å²) in [7, 11) is 0. The summed E-state index contributed by atoms with van der Waals surface area (Å²) in [5.74, 6) is -0.522. The monoisotopic (exact) mass is 474 g/mol. The van der Waals surface area contributed by atoms with Gasteiger partial charge >= 0.3 is 0 Å². The van der Waals surface area contributed by atoms with Crippen LogP contribution < -0.4 is 10.6 Å². The number of ether oxygens (including phenoxy) is 1. The number of benzene rings is 1. The SMILES string of the molecule is CC(=O)O.CC(=O)O.Cc1nccn1-c1ccccc1CNC(=O)[C@H]1CC[C@H]2OCCN[C@@H]2C1. The Morgan fingerprint density at radius 1 is 1.18 bits per heavy atom. The third-order valence-corrected chi connectivity index (χ3v) is 5.53. The Bertz CT molecular complexity index is 940. The third kappa shape index (κ3) is 8.60. The van der Waals surface area contributed by atoms with Crippen LogP contribution in [0.2, 0.25) is 0 Å². The van der Waals surface area contributed by atoms with Gasteiger partial charge in [0.2, 0.25) is 5.91 Å². The van der Waals surface area contributed by atoms with Crippen LogP contribution in [0, 0.1) is 12.8 Å². The molecule has 2 aromatic rings. The fourth-order valence-electron chi connectivity index (χ4n) is 4.10. The maximum Gasteiger partial charge on any atom is 0.300 e. The summed E-state index contributed by atoms with van der Waals surface area (Å²) in [5, 5.41) is 21.5. The van der Waals surface area contributed by atoms with Crippen molar-refractivity contribution in [2.45, 2.75) is 58.7 Å². The van der Waals surface area contributed by atoms with Crippen LogP contribution >= 0.6 is 0 Å². The molecule has 1 amide bonds. The number of hydrogen-bond acceptors (Lipinski definition) is 6. The molecule has 186 valence electrons. The van der Waals surface area contributed by atoms with E-state index in [1.165, 1.54) is 0 Å². The van der Waals surface area contributed by atoms with Gasteiger partial charge in [0.05, 0.1) is 18.4 Å². The average molecular weight is 475 g/mol. The second-order valence-corrected chi connectivity index (χ2v) is 8.21. The molecule has 4 N–H and O–H groups in total. The number of nitrogens with zero attached hydrogens (tertiary/aromatic N) is 2. The second-order valence-electron chi connectivity index (χ2n) is 8.21. The zero-order valence-corrected chi connectivity index (χ0v) is 19.9. The number of aryl methyl sites for hydroxylation is 1. The Hall–Kier alpha value is -3.24. The van der Waals surface area contributed by atoms with Crippen molar-refractivity contribution >= 4 is 17.8 Å². The lowest BCUT2D eigenvalue weighted by Crippen LogP contribution is -2.53. The number of nitrogens with one attached hydrogen (secondary N) is 2. The van der Waals surface area contributed by atoms with Crippen molar-refractivity contribution in [1.29, 1.82) is 0 Å². The minimum atomic E-state index is -0.833. The predicted octanol–water partition coefficient (Wildman–Crippen LogP) is 2.14. The van der Waals surface area contributed by atoms with Crippen molar-refractivity contribution < 1.29 is 29.3 Å². The van der Waals surface area contributed by atoms with Crippen LogP contribution in [0.3, 0.4) is 0 Å². The number of amides is 1. The number of aromatic nitrogens is 2. The Labute approximate surface area is 199 Å². The van der Waals surface area contributed by atoms with E-state index in [0.29, 0.717) is 12.6 Å². The van der Waals surface area contributed by atoms with Gasteiger partial charge in [-0.1, -0.05) is 18.2 Å². The molecule has 2 heterocycles. The van der Waals surface area contributed by atoms with Crippen molar-refractivity contribution in [3.8, 4) is 5.69 Å². The van der Waals surface area contributed by atoms with Crippen LogP contribution in [0.4, 0.5) is 0 Å². The molecular formula is C24H34N4O6. The lowest BCUT2D eigenvalue weighted by Gasteiger charge is -2.39. The molecule has 1 aromatic carbocycles.